The highest BCUT2D eigenvalue weighted by atomic mass is 35.5. The summed E-state index contributed by atoms with van der Waals surface area (Å²) in [6, 6.07) is 5.15. The second-order valence-electron chi connectivity index (χ2n) is 5.82. The second-order valence-corrected chi connectivity index (χ2v) is 7.72. The van der Waals surface area contributed by atoms with Gasteiger partial charge in [0.25, 0.3) is 5.56 Å². The molecule has 0 aliphatic rings. The maximum Gasteiger partial charge on any atom is 0.266 e. The monoisotopic (exact) mass is 355 g/mol. The summed E-state index contributed by atoms with van der Waals surface area (Å²) in [7, 11) is 0. The van der Waals surface area contributed by atoms with Crippen molar-refractivity contribution in [2.75, 3.05) is 0 Å². The van der Waals surface area contributed by atoms with Gasteiger partial charge >= 0.3 is 0 Å². The minimum Gasteiger partial charge on any atom is -0.313 e. The molecule has 1 aromatic heterocycles. The minimum atomic E-state index is -0.489. The van der Waals surface area contributed by atoms with Crippen molar-refractivity contribution in [3.8, 4) is 0 Å². The predicted octanol–water partition coefficient (Wildman–Crippen LogP) is 2.97. The first-order chi connectivity index (χ1) is 10.2. The van der Waals surface area contributed by atoms with Crippen molar-refractivity contribution in [3.05, 3.63) is 53.4 Å². The Kier molecular flexibility index (Phi) is 4.95. The van der Waals surface area contributed by atoms with E-state index >= 15 is 0 Å². The van der Waals surface area contributed by atoms with Crippen LogP contribution in [0.1, 0.15) is 26.3 Å². The maximum absolute atomic E-state index is 12.0. The van der Waals surface area contributed by atoms with Gasteiger partial charge in [-0.1, -0.05) is 50.0 Å². The fraction of sp³-hybridized carbons (Fsp3) is 0.250. The zero-order chi connectivity index (χ0) is 16.5. The first-order valence-corrected chi connectivity index (χ1v) is 8.17. The number of carbonyl (C=O) groups excluding carboxylic acids is 1. The van der Waals surface area contributed by atoms with Crippen LogP contribution >= 0.6 is 34.5 Å². The van der Waals surface area contributed by atoms with Gasteiger partial charge in [0.2, 0.25) is 0 Å². The van der Waals surface area contributed by atoms with Crippen LogP contribution in [0.15, 0.2) is 23.0 Å². The van der Waals surface area contributed by atoms with Crippen LogP contribution in [0, 0.1) is 5.41 Å². The number of aromatic amines is 1. The van der Waals surface area contributed by atoms with Gasteiger partial charge in [0.1, 0.15) is 0 Å². The van der Waals surface area contributed by atoms with Crippen LogP contribution in [-0.2, 0) is 4.79 Å². The average molecular weight is 356 g/mol. The molecule has 0 bridgehead atoms. The number of halogens is 2. The largest absolute Gasteiger partial charge is 0.313 e. The van der Waals surface area contributed by atoms with E-state index in [9.17, 15) is 9.59 Å². The van der Waals surface area contributed by atoms with E-state index in [2.05, 4.69) is 4.98 Å². The van der Waals surface area contributed by atoms with Gasteiger partial charge in [-0.25, -0.2) is 0 Å². The molecule has 0 aliphatic carbocycles. The molecule has 2 aromatic rings. The summed E-state index contributed by atoms with van der Waals surface area (Å²) in [6.07, 6.45) is 3.09. The quantitative estimate of drug-likeness (QED) is 0.900. The summed E-state index contributed by atoms with van der Waals surface area (Å²) >= 11 is 13.4. The molecular weight excluding hydrogens is 341 g/mol. The van der Waals surface area contributed by atoms with Crippen LogP contribution in [-0.4, -0.2) is 10.8 Å². The van der Waals surface area contributed by atoms with Crippen molar-refractivity contribution in [3.63, 3.8) is 0 Å². The topological polar surface area (TPSA) is 49.9 Å². The number of aromatic nitrogens is 1. The number of hydrogen-bond acceptors (Lipinski definition) is 3. The Hall–Kier alpha value is -1.36. The Morgan fingerprint density at radius 2 is 1.82 bits per heavy atom. The van der Waals surface area contributed by atoms with Gasteiger partial charge in [-0.15, -0.1) is 11.3 Å². The molecule has 6 heteroatoms. The van der Waals surface area contributed by atoms with Crippen molar-refractivity contribution in [1.82, 2.24) is 4.98 Å². The molecule has 0 saturated carbocycles. The molecule has 3 nitrogen and oxygen atoms in total. The third kappa shape index (κ3) is 3.88. The number of rotatable bonds is 2. The molecule has 1 aromatic carbocycles. The fourth-order valence-electron chi connectivity index (χ4n) is 1.64. The van der Waals surface area contributed by atoms with Crippen LogP contribution in [0.2, 0.25) is 10.0 Å². The number of thiazole rings is 1. The molecule has 0 unspecified atom stereocenters. The van der Waals surface area contributed by atoms with Gasteiger partial charge in [-0.05, 0) is 18.2 Å². The molecule has 116 valence electrons. The summed E-state index contributed by atoms with van der Waals surface area (Å²) in [5, 5.41) is 0.938. The van der Waals surface area contributed by atoms with E-state index in [-0.39, 0.29) is 11.3 Å². The van der Waals surface area contributed by atoms with Gasteiger partial charge in [0.05, 0.1) is 9.20 Å². The number of hydrogen-bond donors (Lipinski definition) is 1. The molecule has 0 fully saturated rings. The first-order valence-electron chi connectivity index (χ1n) is 6.59. The van der Waals surface area contributed by atoms with Crippen molar-refractivity contribution < 1.29 is 4.79 Å². The Labute approximate surface area is 141 Å². The average Bonchev–Trinajstić information content (AvgIpc) is 2.73. The summed E-state index contributed by atoms with van der Waals surface area (Å²) in [5.41, 5.74) is -0.169. The van der Waals surface area contributed by atoms with Crippen LogP contribution in [0.5, 0.6) is 0 Å². The van der Waals surface area contributed by atoms with Gasteiger partial charge in [-0.3, -0.25) is 9.59 Å². The van der Waals surface area contributed by atoms with E-state index in [4.69, 9.17) is 23.2 Å². The fourth-order valence-corrected chi connectivity index (χ4v) is 3.01. The molecule has 0 radical (unpaired) electrons. The van der Waals surface area contributed by atoms with Crippen molar-refractivity contribution >= 4 is 52.5 Å². The molecular formula is C16H15Cl2NO2S. The Bertz CT molecular complexity index is 868. The Balaban J connectivity index is 2.57. The first kappa shape index (κ1) is 17.0. The zero-order valence-electron chi connectivity index (χ0n) is 12.4. The van der Waals surface area contributed by atoms with Gasteiger partial charge < -0.3 is 4.98 Å². The molecule has 0 saturated heterocycles. The highest BCUT2D eigenvalue weighted by Crippen LogP contribution is 2.24. The smallest absolute Gasteiger partial charge is 0.266 e. The van der Waals surface area contributed by atoms with Crippen LogP contribution in [0.4, 0.5) is 0 Å². The van der Waals surface area contributed by atoms with E-state index in [0.717, 1.165) is 0 Å². The number of Topliss-reactive ketones (excluding diaryl/α,β-unsaturated/α-hetero) is 1. The number of nitrogens with one attached hydrogen (secondary N) is 1. The summed E-state index contributed by atoms with van der Waals surface area (Å²) in [5.74, 6) is -0.0488. The van der Waals surface area contributed by atoms with Crippen LogP contribution in [0.25, 0.3) is 12.2 Å². The molecule has 0 amide bonds. The van der Waals surface area contributed by atoms with Crippen molar-refractivity contribution in [2.24, 2.45) is 5.41 Å². The molecule has 1 heterocycles. The van der Waals surface area contributed by atoms with E-state index in [1.165, 1.54) is 17.4 Å². The molecule has 22 heavy (non-hydrogen) atoms. The lowest BCUT2D eigenvalue weighted by atomic mass is 9.91. The highest BCUT2D eigenvalue weighted by Gasteiger charge is 2.18. The molecule has 1 N–H and O–H groups in total. The predicted molar refractivity (Wildman–Crippen MR) is 93.1 cm³/mol. The molecule has 0 spiro atoms. The Morgan fingerprint density at radius 1 is 1.23 bits per heavy atom. The summed E-state index contributed by atoms with van der Waals surface area (Å²) in [4.78, 5) is 26.7. The number of ketones is 1. The van der Waals surface area contributed by atoms with E-state index in [1.54, 1.807) is 24.3 Å². The second kappa shape index (κ2) is 6.41. The number of carbonyl (C=O) groups is 1. The zero-order valence-corrected chi connectivity index (χ0v) is 14.7. The third-order valence-corrected chi connectivity index (χ3v) is 4.58. The van der Waals surface area contributed by atoms with Gasteiger partial charge in [0.15, 0.2) is 5.78 Å². The normalized spacial score (nSPS) is 13.7. The molecule has 0 atom stereocenters. The van der Waals surface area contributed by atoms with E-state index < -0.39 is 5.41 Å². The summed E-state index contributed by atoms with van der Waals surface area (Å²) < 4.78 is 0.960. The lowest BCUT2D eigenvalue weighted by molar-refractivity contribution is -0.119. The van der Waals surface area contributed by atoms with E-state index in [1.807, 2.05) is 20.8 Å². The molecule has 2 rings (SSSR count). The van der Waals surface area contributed by atoms with Crippen molar-refractivity contribution in [1.29, 1.82) is 0 Å². The third-order valence-electron chi connectivity index (χ3n) is 2.96. The number of H-pyrrole nitrogens is 1. The van der Waals surface area contributed by atoms with Crippen molar-refractivity contribution in [2.45, 2.75) is 20.8 Å². The standard InChI is InChI=1S/C16H15Cl2NO2S/c1-16(2,3)13(20)8-14-19-15(21)12(22-14)7-9-10(17)5-4-6-11(9)18/h4-8H,1-3H3,(H,19,21)/b12-7-,14-8+. The highest BCUT2D eigenvalue weighted by molar-refractivity contribution is 7.07. The molecule has 0 aliphatic heterocycles. The summed E-state index contributed by atoms with van der Waals surface area (Å²) in [6.45, 7) is 5.48. The number of benzene rings is 1. The minimum absolute atomic E-state index is 0.0488. The SMILES string of the molecule is CC(C)(C)C(=O)/C=c1\[nH]c(=O)/c(=C/c2c(Cl)cccc2Cl)s1. The van der Waals surface area contributed by atoms with Crippen LogP contribution < -0.4 is 14.8 Å². The van der Waals surface area contributed by atoms with Gasteiger partial charge in [-0.2, -0.15) is 0 Å². The maximum atomic E-state index is 12.0. The lowest BCUT2D eigenvalue weighted by Crippen LogP contribution is -2.22. The van der Waals surface area contributed by atoms with Crippen LogP contribution in [0.3, 0.4) is 0 Å². The van der Waals surface area contributed by atoms with E-state index in [0.29, 0.717) is 24.8 Å². The Morgan fingerprint density at radius 3 is 2.36 bits per heavy atom. The van der Waals surface area contributed by atoms with Gasteiger partial charge in [0, 0.05) is 27.1 Å². The lowest BCUT2D eigenvalue weighted by Gasteiger charge is -2.12.